The van der Waals surface area contributed by atoms with Crippen LogP contribution in [-0.2, 0) is 5.75 Å². The molecule has 1 fully saturated rings. The van der Waals surface area contributed by atoms with Crippen molar-refractivity contribution in [2.45, 2.75) is 42.4 Å². The first kappa shape index (κ1) is 15.2. The summed E-state index contributed by atoms with van der Waals surface area (Å²) in [5.74, 6) is 0.989. The van der Waals surface area contributed by atoms with Crippen molar-refractivity contribution in [2.24, 2.45) is 0 Å². The number of rotatable bonds is 5. The molecule has 0 saturated heterocycles. The second-order valence-electron chi connectivity index (χ2n) is 5.75. The fourth-order valence-corrected chi connectivity index (χ4v) is 3.65. The molecule has 0 atom stereocenters. The van der Waals surface area contributed by atoms with Crippen LogP contribution in [0.25, 0.3) is 0 Å². The highest BCUT2D eigenvalue weighted by Crippen LogP contribution is 2.22. The zero-order valence-electron chi connectivity index (χ0n) is 12.6. The lowest BCUT2D eigenvalue weighted by Crippen LogP contribution is -2.32. The van der Waals surface area contributed by atoms with E-state index in [-0.39, 0.29) is 5.91 Å². The maximum atomic E-state index is 12.2. The third-order valence-electron chi connectivity index (χ3n) is 4.06. The fourth-order valence-electron chi connectivity index (χ4n) is 2.77. The quantitative estimate of drug-likeness (QED) is 0.814. The minimum absolute atomic E-state index is 0.0640. The van der Waals surface area contributed by atoms with Crippen LogP contribution in [0.1, 0.15) is 41.6 Å². The molecule has 22 heavy (non-hydrogen) atoms. The highest BCUT2D eigenvalue weighted by atomic mass is 32.2. The maximum Gasteiger partial charge on any atom is 0.251 e. The number of benzene rings is 2. The van der Waals surface area contributed by atoms with Crippen molar-refractivity contribution in [2.75, 3.05) is 0 Å². The molecule has 0 bridgehead atoms. The molecule has 2 aromatic rings. The van der Waals surface area contributed by atoms with E-state index in [1.54, 1.807) is 0 Å². The summed E-state index contributed by atoms with van der Waals surface area (Å²) in [6, 6.07) is 18.7. The molecular weight excluding hydrogens is 290 g/mol. The summed E-state index contributed by atoms with van der Waals surface area (Å²) in [4.78, 5) is 13.4. The smallest absolute Gasteiger partial charge is 0.251 e. The summed E-state index contributed by atoms with van der Waals surface area (Å²) in [5, 5.41) is 3.13. The average molecular weight is 311 g/mol. The van der Waals surface area contributed by atoms with E-state index in [1.807, 2.05) is 30.0 Å². The van der Waals surface area contributed by atoms with Crippen LogP contribution in [0.5, 0.6) is 0 Å². The Kier molecular flexibility index (Phi) is 5.17. The van der Waals surface area contributed by atoms with Gasteiger partial charge in [-0.2, -0.15) is 0 Å². The molecule has 0 unspecified atom stereocenters. The standard InChI is InChI=1S/C19H21NOS/c21-19(20-17-6-4-5-7-17)16-12-10-15(11-13-16)14-22-18-8-2-1-3-9-18/h1-3,8-13,17H,4-7,14H2,(H,20,21). The van der Waals surface area contributed by atoms with Crippen LogP contribution in [0.15, 0.2) is 59.5 Å². The van der Waals surface area contributed by atoms with Crippen LogP contribution in [0.3, 0.4) is 0 Å². The lowest BCUT2D eigenvalue weighted by atomic mass is 10.1. The largest absolute Gasteiger partial charge is 0.349 e. The number of hydrogen-bond donors (Lipinski definition) is 1. The first-order valence-corrected chi connectivity index (χ1v) is 8.87. The normalized spacial score (nSPS) is 14.9. The topological polar surface area (TPSA) is 29.1 Å². The SMILES string of the molecule is O=C(NC1CCCC1)c1ccc(CSc2ccccc2)cc1. The predicted octanol–water partition coefficient (Wildman–Crippen LogP) is 4.65. The number of carbonyl (C=O) groups excluding carboxylic acids is 1. The Morgan fingerprint density at radius 3 is 2.36 bits per heavy atom. The molecule has 0 spiro atoms. The minimum Gasteiger partial charge on any atom is -0.349 e. The highest BCUT2D eigenvalue weighted by Gasteiger charge is 2.17. The Balaban J connectivity index is 1.54. The van der Waals surface area contributed by atoms with Gasteiger partial charge in [0.1, 0.15) is 0 Å². The number of amides is 1. The molecule has 0 radical (unpaired) electrons. The van der Waals surface area contributed by atoms with Gasteiger partial charge in [0.05, 0.1) is 0 Å². The number of hydrogen-bond acceptors (Lipinski definition) is 2. The first-order valence-electron chi connectivity index (χ1n) is 7.89. The van der Waals surface area contributed by atoms with Crippen molar-refractivity contribution in [1.82, 2.24) is 5.32 Å². The van der Waals surface area contributed by atoms with E-state index >= 15 is 0 Å². The third kappa shape index (κ3) is 4.14. The predicted molar refractivity (Wildman–Crippen MR) is 92.2 cm³/mol. The van der Waals surface area contributed by atoms with E-state index in [2.05, 4.69) is 41.7 Å². The van der Waals surface area contributed by atoms with Gasteiger partial charge in [0.15, 0.2) is 0 Å². The van der Waals surface area contributed by atoms with E-state index in [9.17, 15) is 4.79 Å². The number of nitrogens with one attached hydrogen (secondary N) is 1. The summed E-state index contributed by atoms with van der Waals surface area (Å²) in [7, 11) is 0. The van der Waals surface area contributed by atoms with Crippen molar-refractivity contribution in [1.29, 1.82) is 0 Å². The maximum absolute atomic E-state index is 12.2. The van der Waals surface area contributed by atoms with Crippen molar-refractivity contribution in [3.05, 3.63) is 65.7 Å². The molecule has 3 heteroatoms. The van der Waals surface area contributed by atoms with Gasteiger partial charge in [-0.1, -0.05) is 43.2 Å². The van der Waals surface area contributed by atoms with Gasteiger partial charge < -0.3 is 5.32 Å². The molecule has 1 N–H and O–H groups in total. The molecule has 2 aromatic carbocycles. The van der Waals surface area contributed by atoms with Gasteiger partial charge in [-0.25, -0.2) is 0 Å². The average Bonchev–Trinajstić information content (AvgIpc) is 3.07. The molecule has 1 aliphatic carbocycles. The third-order valence-corrected chi connectivity index (χ3v) is 5.14. The summed E-state index contributed by atoms with van der Waals surface area (Å²) in [5.41, 5.74) is 2.01. The zero-order chi connectivity index (χ0) is 15.2. The Labute approximate surface area is 136 Å². The summed E-state index contributed by atoms with van der Waals surface area (Å²) < 4.78 is 0. The van der Waals surface area contributed by atoms with Gasteiger partial charge in [-0.15, -0.1) is 11.8 Å². The second kappa shape index (κ2) is 7.50. The second-order valence-corrected chi connectivity index (χ2v) is 6.80. The Morgan fingerprint density at radius 2 is 1.68 bits per heavy atom. The van der Waals surface area contributed by atoms with Gasteiger partial charge in [0.25, 0.3) is 5.91 Å². The van der Waals surface area contributed by atoms with Crippen molar-refractivity contribution in [3.8, 4) is 0 Å². The molecule has 1 amide bonds. The molecule has 2 nitrogen and oxygen atoms in total. The Hall–Kier alpha value is -1.74. The fraction of sp³-hybridized carbons (Fsp3) is 0.316. The van der Waals surface area contributed by atoms with Crippen LogP contribution in [0.4, 0.5) is 0 Å². The lowest BCUT2D eigenvalue weighted by molar-refractivity contribution is 0.0938. The highest BCUT2D eigenvalue weighted by molar-refractivity contribution is 7.98. The molecule has 1 saturated carbocycles. The van der Waals surface area contributed by atoms with E-state index < -0.39 is 0 Å². The lowest BCUT2D eigenvalue weighted by Gasteiger charge is -2.12. The molecule has 0 aliphatic heterocycles. The molecule has 0 aromatic heterocycles. The van der Waals surface area contributed by atoms with Crippen LogP contribution in [0, 0.1) is 0 Å². The molecular formula is C19H21NOS. The van der Waals surface area contributed by atoms with E-state index in [1.165, 1.54) is 23.3 Å². The Morgan fingerprint density at radius 1 is 1.00 bits per heavy atom. The van der Waals surface area contributed by atoms with Gasteiger partial charge in [-0.3, -0.25) is 4.79 Å². The number of thioether (sulfide) groups is 1. The van der Waals surface area contributed by atoms with Crippen molar-refractivity contribution >= 4 is 17.7 Å². The van der Waals surface area contributed by atoms with Crippen LogP contribution in [0.2, 0.25) is 0 Å². The van der Waals surface area contributed by atoms with Gasteiger partial charge in [0, 0.05) is 22.3 Å². The molecule has 1 aliphatic rings. The van der Waals surface area contributed by atoms with Crippen molar-refractivity contribution in [3.63, 3.8) is 0 Å². The minimum atomic E-state index is 0.0640. The summed E-state index contributed by atoms with van der Waals surface area (Å²) in [6.45, 7) is 0. The van der Waals surface area contributed by atoms with Gasteiger partial charge in [-0.05, 0) is 42.7 Å². The molecule has 114 valence electrons. The van der Waals surface area contributed by atoms with E-state index in [0.717, 1.165) is 24.2 Å². The van der Waals surface area contributed by atoms with Gasteiger partial charge in [0.2, 0.25) is 0 Å². The molecule has 3 rings (SSSR count). The van der Waals surface area contributed by atoms with Crippen LogP contribution < -0.4 is 5.32 Å². The van der Waals surface area contributed by atoms with Crippen molar-refractivity contribution < 1.29 is 4.79 Å². The van der Waals surface area contributed by atoms with Crippen LogP contribution in [-0.4, -0.2) is 11.9 Å². The summed E-state index contributed by atoms with van der Waals surface area (Å²) in [6.07, 6.45) is 4.72. The van der Waals surface area contributed by atoms with E-state index in [4.69, 9.17) is 0 Å². The zero-order valence-corrected chi connectivity index (χ0v) is 13.4. The van der Waals surface area contributed by atoms with E-state index in [0.29, 0.717) is 6.04 Å². The summed E-state index contributed by atoms with van der Waals surface area (Å²) >= 11 is 1.81. The van der Waals surface area contributed by atoms with Crippen LogP contribution >= 0.6 is 11.8 Å². The van der Waals surface area contributed by atoms with Gasteiger partial charge >= 0.3 is 0 Å². The molecule has 0 heterocycles. The number of carbonyl (C=O) groups is 1. The monoisotopic (exact) mass is 311 g/mol. The first-order chi connectivity index (χ1) is 10.8. The Bertz CT molecular complexity index is 603.